The van der Waals surface area contributed by atoms with Crippen molar-refractivity contribution in [2.24, 2.45) is 5.73 Å². The Morgan fingerprint density at radius 1 is 1.64 bits per heavy atom. The van der Waals surface area contributed by atoms with Crippen LogP contribution in [0.5, 0.6) is 11.5 Å². The molecule has 0 saturated carbocycles. The molecule has 1 aromatic carbocycles. The highest BCUT2D eigenvalue weighted by Gasteiger charge is 2.17. The first-order valence-corrected chi connectivity index (χ1v) is 4.80. The highest BCUT2D eigenvalue weighted by atomic mass is 79.9. The van der Waals surface area contributed by atoms with Gasteiger partial charge in [0.1, 0.15) is 6.17 Å². The van der Waals surface area contributed by atoms with E-state index in [1.165, 1.54) is 13.2 Å². The molecule has 0 fully saturated rings. The number of benzene rings is 1. The van der Waals surface area contributed by atoms with Crippen molar-refractivity contribution in [3.05, 3.63) is 22.2 Å². The van der Waals surface area contributed by atoms with E-state index in [1.807, 2.05) is 0 Å². The molecule has 1 aromatic rings. The van der Waals surface area contributed by atoms with Crippen molar-refractivity contribution < 1.29 is 14.2 Å². The summed E-state index contributed by atoms with van der Waals surface area (Å²) in [5, 5.41) is 9.57. The summed E-state index contributed by atoms with van der Waals surface area (Å²) >= 11 is 3.19. The number of alkyl halides is 1. The van der Waals surface area contributed by atoms with Crippen LogP contribution < -0.4 is 10.5 Å². The van der Waals surface area contributed by atoms with Crippen molar-refractivity contribution in [3.8, 4) is 11.5 Å². The first kappa shape index (κ1) is 11.3. The summed E-state index contributed by atoms with van der Waals surface area (Å²) in [5.41, 5.74) is 5.31. The lowest BCUT2D eigenvalue weighted by Gasteiger charge is -2.12. The van der Waals surface area contributed by atoms with E-state index in [2.05, 4.69) is 15.9 Å². The van der Waals surface area contributed by atoms with Crippen LogP contribution in [0.1, 0.15) is 11.7 Å². The van der Waals surface area contributed by atoms with Crippen molar-refractivity contribution in [2.45, 2.75) is 6.17 Å². The lowest BCUT2D eigenvalue weighted by atomic mass is 10.1. The maximum Gasteiger partial charge on any atom is 0.164 e. The molecule has 3 N–H and O–H groups in total. The molecule has 0 amide bonds. The van der Waals surface area contributed by atoms with Crippen LogP contribution in [0.2, 0.25) is 0 Å². The number of aromatic hydroxyl groups is 1. The second-order valence-electron chi connectivity index (χ2n) is 2.75. The molecule has 0 spiro atoms. The molecule has 0 heterocycles. The van der Waals surface area contributed by atoms with Gasteiger partial charge in [-0.05, 0) is 12.1 Å². The zero-order valence-electron chi connectivity index (χ0n) is 7.63. The van der Waals surface area contributed by atoms with E-state index >= 15 is 0 Å². The number of methoxy groups -OCH3 is 1. The molecule has 1 rings (SSSR count). The molecule has 0 aliphatic rings. The van der Waals surface area contributed by atoms with Crippen LogP contribution in [0.15, 0.2) is 16.6 Å². The summed E-state index contributed by atoms with van der Waals surface area (Å²) in [7, 11) is 1.40. The number of phenolic OH excluding ortho intramolecular Hbond substituents is 1. The predicted octanol–water partition coefficient (Wildman–Crippen LogP) is 2.13. The van der Waals surface area contributed by atoms with Gasteiger partial charge >= 0.3 is 0 Å². The Kier molecular flexibility index (Phi) is 3.71. The molecule has 0 bridgehead atoms. The third-order valence-electron chi connectivity index (χ3n) is 1.83. The van der Waals surface area contributed by atoms with E-state index in [9.17, 15) is 9.50 Å². The number of rotatable bonds is 3. The van der Waals surface area contributed by atoms with E-state index in [0.29, 0.717) is 4.47 Å². The van der Waals surface area contributed by atoms with Gasteiger partial charge in [0.25, 0.3) is 0 Å². The van der Waals surface area contributed by atoms with Crippen LogP contribution in [0.4, 0.5) is 4.39 Å². The van der Waals surface area contributed by atoms with Crippen molar-refractivity contribution in [1.82, 2.24) is 0 Å². The monoisotopic (exact) mass is 263 g/mol. The molecule has 1 unspecified atom stereocenters. The van der Waals surface area contributed by atoms with Gasteiger partial charge in [0.15, 0.2) is 11.5 Å². The molecule has 0 radical (unpaired) electrons. The fraction of sp³-hybridized carbons (Fsp3) is 0.333. The topological polar surface area (TPSA) is 55.5 Å². The van der Waals surface area contributed by atoms with E-state index in [4.69, 9.17) is 10.5 Å². The highest BCUT2D eigenvalue weighted by Crippen LogP contribution is 2.37. The summed E-state index contributed by atoms with van der Waals surface area (Å²) in [4.78, 5) is 0. The minimum atomic E-state index is -1.39. The molecule has 0 aromatic heterocycles. The second kappa shape index (κ2) is 4.61. The van der Waals surface area contributed by atoms with Gasteiger partial charge in [-0.15, -0.1) is 0 Å². The van der Waals surface area contributed by atoms with Gasteiger partial charge in [-0.3, -0.25) is 0 Å². The number of halogens is 2. The van der Waals surface area contributed by atoms with E-state index in [-0.39, 0.29) is 23.6 Å². The normalized spacial score (nSPS) is 12.6. The average Bonchev–Trinajstić information content (AvgIpc) is 2.19. The molecule has 0 saturated heterocycles. The Morgan fingerprint density at radius 3 is 2.79 bits per heavy atom. The summed E-state index contributed by atoms with van der Waals surface area (Å²) < 4.78 is 18.8. The Balaban J connectivity index is 3.21. The van der Waals surface area contributed by atoms with Gasteiger partial charge in [-0.2, -0.15) is 0 Å². The van der Waals surface area contributed by atoms with Crippen molar-refractivity contribution in [3.63, 3.8) is 0 Å². The second-order valence-corrected chi connectivity index (χ2v) is 3.66. The van der Waals surface area contributed by atoms with E-state index in [1.54, 1.807) is 6.07 Å². The summed E-state index contributed by atoms with van der Waals surface area (Å²) in [6.45, 7) is -0.173. The van der Waals surface area contributed by atoms with Crippen LogP contribution in [0.3, 0.4) is 0 Å². The van der Waals surface area contributed by atoms with Crippen molar-refractivity contribution in [1.29, 1.82) is 0 Å². The molecule has 5 heteroatoms. The van der Waals surface area contributed by atoms with Gasteiger partial charge in [-0.1, -0.05) is 15.9 Å². The van der Waals surface area contributed by atoms with Crippen molar-refractivity contribution >= 4 is 15.9 Å². The molecular formula is C9H11BrFNO2. The zero-order valence-corrected chi connectivity index (χ0v) is 9.21. The molecule has 78 valence electrons. The van der Waals surface area contributed by atoms with Crippen LogP contribution in [0.25, 0.3) is 0 Å². The molecule has 0 aliphatic carbocycles. The molecule has 1 atom stereocenters. The third kappa shape index (κ3) is 2.16. The first-order chi connectivity index (χ1) is 6.60. The number of hydrogen-bond acceptors (Lipinski definition) is 3. The molecule has 14 heavy (non-hydrogen) atoms. The average molecular weight is 264 g/mol. The van der Waals surface area contributed by atoms with Gasteiger partial charge in [0.05, 0.1) is 7.11 Å². The fourth-order valence-electron chi connectivity index (χ4n) is 1.12. The zero-order chi connectivity index (χ0) is 10.7. The Labute approximate surface area is 89.8 Å². The number of ether oxygens (including phenoxy) is 1. The van der Waals surface area contributed by atoms with Crippen LogP contribution >= 0.6 is 15.9 Å². The molecule has 0 aliphatic heterocycles. The Bertz CT molecular complexity index is 333. The third-order valence-corrected chi connectivity index (χ3v) is 2.29. The van der Waals surface area contributed by atoms with Gasteiger partial charge in [0.2, 0.25) is 0 Å². The minimum absolute atomic E-state index is 0.138. The number of nitrogens with two attached hydrogens (primary N) is 1. The molecule has 3 nitrogen and oxygen atoms in total. The Hall–Kier alpha value is -0.810. The largest absolute Gasteiger partial charge is 0.504 e. The first-order valence-electron chi connectivity index (χ1n) is 4.00. The fourth-order valence-corrected chi connectivity index (χ4v) is 1.57. The number of phenols is 1. The predicted molar refractivity (Wildman–Crippen MR) is 55.3 cm³/mol. The maximum atomic E-state index is 13.3. The quantitative estimate of drug-likeness (QED) is 0.879. The van der Waals surface area contributed by atoms with Crippen LogP contribution in [-0.2, 0) is 0 Å². The summed E-state index contributed by atoms with van der Waals surface area (Å²) in [6.07, 6.45) is -1.39. The highest BCUT2D eigenvalue weighted by molar-refractivity contribution is 9.10. The van der Waals surface area contributed by atoms with E-state index < -0.39 is 6.17 Å². The maximum absolute atomic E-state index is 13.3. The van der Waals surface area contributed by atoms with Gasteiger partial charge in [-0.25, -0.2) is 4.39 Å². The minimum Gasteiger partial charge on any atom is -0.504 e. The SMILES string of the molecule is COc1cc(Br)cc(C(F)CN)c1O. The van der Waals surface area contributed by atoms with Crippen molar-refractivity contribution in [2.75, 3.05) is 13.7 Å². The lowest BCUT2D eigenvalue weighted by Crippen LogP contribution is -2.08. The molecular weight excluding hydrogens is 253 g/mol. The van der Waals surface area contributed by atoms with E-state index in [0.717, 1.165) is 0 Å². The number of hydrogen-bond donors (Lipinski definition) is 2. The van der Waals surface area contributed by atoms with Gasteiger partial charge in [0, 0.05) is 16.6 Å². The van der Waals surface area contributed by atoms with Crippen LogP contribution in [-0.4, -0.2) is 18.8 Å². The summed E-state index contributed by atoms with van der Waals surface area (Å²) in [5.74, 6) is 0.0270. The summed E-state index contributed by atoms with van der Waals surface area (Å²) in [6, 6.07) is 3.04. The standard InChI is InChI=1S/C9H11BrFNO2/c1-14-8-3-5(10)2-6(9(8)13)7(11)4-12/h2-3,7,13H,4,12H2,1H3. The van der Waals surface area contributed by atoms with Gasteiger partial charge < -0.3 is 15.6 Å². The smallest absolute Gasteiger partial charge is 0.164 e. The lowest BCUT2D eigenvalue weighted by molar-refractivity contribution is 0.324. The van der Waals surface area contributed by atoms with Crippen LogP contribution in [0, 0.1) is 0 Å². The Morgan fingerprint density at radius 2 is 2.29 bits per heavy atom.